The molecule has 0 aromatic rings. The van der Waals surface area contributed by atoms with Crippen molar-refractivity contribution in [3.05, 3.63) is 0 Å². The Morgan fingerprint density at radius 3 is 2.31 bits per heavy atom. The Morgan fingerprint density at radius 1 is 0.812 bits per heavy atom. The van der Waals surface area contributed by atoms with Gasteiger partial charge in [-0.3, -0.25) is 0 Å². The zero-order valence-electron chi connectivity index (χ0n) is 10.8. The molecule has 0 saturated heterocycles. The Hall–Kier alpha value is -0.160. The Balaban J connectivity index is 2.83. The molecule has 0 aliphatic heterocycles. The standard InChI is InChI=1S/C12H27NO3/c1-3-8-15-10-4-6-13-7-12-16-11-5-9-14-2/h13H,3-12H2,1-2H3. The predicted molar refractivity (Wildman–Crippen MR) is 65.9 cm³/mol. The van der Waals surface area contributed by atoms with Crippen molar-refractivity contribution in [2.45, 2.75) is 26.2 Å². The Kier molecular flexibility index (Phi) is 14.7. The van der Waals surface area contributed by atoms with E-state index in [-0.39, 0.29) is 0 Å². The van der Waals surface area contributed by atoms with Gasteiger partial charge in [0.25, 0.3) is 0 Å². The second-order valence-corrected chi connectivity index (χ2v) is 3.67. The molecule has 0 bridgehead atoms. The molecule has 0 aromatic carbocycles. The largest absolute Gasteiger partial charge is 0.385 e. The average Bonchev–Trinajstić information content (AvgIpc) is 2.31. The van der Waals surface area contributed by atoms with Gasteiger partial charge in [-0.15, -0.1) is 0 Å². The highest BCUT2D eigenvalue weighted by Gasteiger charge is 1.90. The van der Waals surface area contributed by atoms with Crippen LogP contribution in [0, 0.1) is 0 Å². The van der Waals surface area contributed by atoms with Gasteiger partial charge in [0.1, 0.15) is 0 Å². The molecule has 0 aliphatic carbocycles. The fraction of sp³-hybridized carbons (Fsp3) is 1.00. The van der Waals surface area contributed by atoms with E-state index in [2.05, 4.69) is 12.2 Å². The summed E-state index contributed by atoms with van der Waals surface area (Å²) in [4.78, 5) is 0. The van der Waals surface area contributed by atoms with Crippen molar-refractivity contribution in [2.24, 2.45) is 0 Å². The van der Waals surface area contributed by atoms with E-state index in [0.29, 0.717) is 0 Å². The van der Waals surface area contributed by atoms with Crippen LogP contribution >= 0.6 is 0 Å². The highest BCUT2D eigenvalue weighted by atomic mass is 16.5. The first-order valence-corrected chi connectivity index (χ1v) is 6.27. The summed E-state index contributed by atoms with van der Waals surface area (Å²) in [7, 11) is 1.71. The monoisotopic (exact) mass is 233 g/mol. The van der Waals surface area contributed by atoms with E-state index in [1.54, 1.807) is 7.11 Å². The van der Waals surface area contributed by atoms with Crippen molar-refractivity contribution in [2.75, 3.05) is 53.2 Å². The normalized spacial score (nSPS) is 10.9. The van der Waals surface area contributed by atoms with Gasteiger partial charge >= 0.3 is 0 Å². The van der Waals surface area contributed by atoms with E-state index < -0.39 is 0 Å². The zero-order chi connectivity index (χ0) is 11.9. The summed E-state index contributed by atoms with van der Waals surface area (Å²) < 4.78 is 15.7. The van der Waals surface area contributed by atoms with Crippen LogP contribution in [0.25, 0.3) is 0 Å². The molecule has 0 rings (SSSR count). The maximum atomic E-state index is 5.41. The molecule has 4 nitrogen and oxygen atoms in total. The zero-order valence-corrected chi connectivity index (χ0v) is 10.8. The molecule has 0 heterocycles. The summed E-state index contributed by atoms with van der Waals surface area (Å²) in [5.41, 5.74) is 0. The Labute approximate surface area is 99.6 Å². The second kappa shape index (κ2) is 14.8. The van der Waals surface area contributed by atoms with Crippen LogP contribution in [-0.2, 0) is 14.2 Å². The number of ether oxygens (including phenoxy) is 3. The minimum atomic E-state index is 0.777. The topological polar surface area (TPSA) is 39.7 Å². The summed E-state index contributed by atoms with van der Waals surface area (Å²) in [5, 5.41) is 3.32. The van der Waals surface area contributed by atoms with Gasteiger partial charge in [-0.05, 0) is 25.8 Å². The molecule has 16 heavy (non-hydrogen) atoms. The third kappa shape index (κ3) is 13.8. The number of hydrogen-bond donors (Lipinski definition) is 1. The minimum absolute atomic E-state index is 0.777. The van der Waals surface area contributed by atoms with Gasteiger partial charge in [-0.1, -0.05) is 6.92 Å². The van der Waals surface area contributed by atoms with Crippen LogP contribution in [0.5, 0.6) is 0 Å². The second-order valence-electron chi connectivity index (χ2n) is 3.67. The fourth-order valence-electron chi connectivity index (χ4n) is 1.22. The lowest BCUT2D eigenvalue weighted by atomic mass is 10.4. The van der Waals surface area contributed by atoms with Crippen molar-refractivity contribution < 1.29 is 14.2 Å². The molecular formula is C12H27NO3. The number of nitrogens with one attached hydrogen (secondary N) is 1. The summed E-state index contributed by atoms with van der Waals surface area (Å²) in [6.07, 6.45) is 3.15. The number of rotatable bonds is 13. The lowest BCUT2D eigenvalue weighted by Crippen LogP contribution is -2.22. The van der Waals surface area contributed by atoms with Crippen LogP contribution in [0.15, 0.2) is 0 Å². The van der Waals surface area contributed by atoms with Crippen LogP contribution in [0.2, 0.25) is 0 Å². The molecule has 4 heteroatoms. The first-order chi connectivity index (χ1) is 7.91. The summed E-state index contributed by atoms with van der Waals surface area (Å²) in [6, 6.07) is 0. The van der Waals surface area contributed by atoms with Gasteiger partial charge in [0.2, 0.25) is 0 Å². The predicted octanol–water partition coefficient (Wildman–Crippen LogP) is 1.45. The smallest absolute Gasteiger partial charge is 0.0590 e. The molecule has 0 radical (unpaired) electrons. The highest BCUT2D eigenvalue weighted by molar-refractivity contribution is 4.46. The molecular weight excluding hydrogens is 206 g/mol. The fourth-order valence-corrected chi connectivity index (χ4v) is 1.22. The molecule has 1 N–H and O–H groups in total. The maximum Gasteiger partial charge on any atom is 0.0590 e. The highest BCUT2D eigenvalue weighted by Crippen LogP contribution is 1.85. The van der Waals surface area contributed by atoms with Crippen molar-refractivity contribution in [1.82, 2.24) is 5.32 Å². The first kappa shape index (κ1) is 15.8. The molecule has 0 amide bonds. The van der Waals surface area contributed by atoms with E-state index in [0.717, 1.165) is 65.4 Å². The van der Waals surface area contributed by atoms with Gasteiger partial charge in [0.15, 0.2) is 0 Å². The Morgan fingerprint density at radius 2 is 1.56 bits per heavy atom. The summed E-state index contributed by atoms with van der Waals surface area (Å²) in [5.74, 6) is 0. The molecule has 0 spiro atoms. The number of hydrogen-bond acceptors (Lipinski definition) is 4. The van der Waals surface area contributed by atoms with Crippen LogP contribution in [0.3, 0.4) is 0 Å². The van der Waals surface area contributed by atoms with Gasteiger partial charge in [0.05, 0.1) is 6.61 Å². The molecule has 98 valence electrons. The van der Waals surface area contributed by atoms with E-state index in [1.807, 2.05) is 0 Å². The van der Waals surface area contributed by atoms with Crippen LogP contribution in [0.4, 0.5) is 0 Å². The van der Waals surface area contributed by atoms with E-state index >= 15 is 0 Å². The van der Waals surface area contributed by atoms with Gasteiger partial charge in [0, 0.05) is 40.1 Å². The average molecular weight is 233 g/mol. The van der Waals surface area contributed by atoms with Crippen LogP contribution in [-0.4, -0.2) is 53.2 Å². The third-order valence-electron chi connectivity index (χ3n) is 2.05. The first-order valence-electron chi connectivity index (χ1n) is 6.27. The molecule has 0 fully saturated rings. The van der Waals surface area contributed by atoms with Crippen LogP contribution < -0.4 is 5.32 Å². The van der Waals surface area contributed by atoms with Crippen molar-refractivity contribution in [3.8, 4) is 0 Å². The molecule has 0 unspecified atom stereocenters. The molecule has 0 aliphatic rings. The lowest BCUT2D eigenvalue weighted by Gasteiger charge is -2.06. The Bertz CT molecular complexity index is 109. The van der Waals surface area contributed by atoms with E-state index in [9.17, 15) is 0 Å². The molecule has 0 atom stereocenters. The number of methoxy groups -OCH3 is 1. The summed E-state index contributed by atoms with van der Waals surface area (Å²) >= 11 is 0. The van der Waals surface area contributed by atoms with Crippen molar-refractivity contribution in [3.63, 3.8) is 0 Å². The quantitative estimate of drug-likeness (QED) is 0.489. The van der Waals surface area contributed by atoms with Gasteiger partial charge in [-0.2, -0.15) is 0 Å². The SMILES string of the molecule is CCCOCCCNCCOCCCOC. The van der Waals surface area contributed by atoms with Crippen LogP contribution in [0.1, 0.15) is 26.2 Å². The van der Waals surface area contributed by atoms with Gasteiger partial charge < -0.3 is 19.5 Å². The third-order valence-corrected chi connectivity index (χ3v) is 2.05. The minimum Gasteiger partial charge on any atom is -0.385 e. The van der Waals surface area contributed by atoms with E-state index in [1.165, 1.54) is 0 Å². The van der Waals surface area contributed by atoms with Crippen molar-refractivity contribution in [1.29, 1.82) is 0 Å². The lowest BCUT2D eigenvalue weighted by molar-refractivity contribution is 0.103. The molecule has 0 aromatic heterocycles. The molecule has 0 saturated carbocycles. The van der Waals surface area contributed by atoms with Crippen molar-refractivity contribution >= 4 is 0 Å². The van der Waals surface area contributed by atoms with Gasteiger partial charge in [-0.25, -0.2) is 0 Å². The van der Waals surface area contributed by atoms with E-state index in [4.69, 9.17) is 14.2 Å². The summed E-state index contributed by atoms with van der Waals surface area (Å²) in [6.45, 7) is 8.13. The maximum absolute atomic E-state index is 5.41.